The highest BCUT2D eigenvalue weighted by molar-refractivity contribution is 7.92. The summed E-state index contributed by atoms with van der Waals surface area (Å²) in [4.78, 5) is 28.4. The van der Waals surface area contributed by atoms with Crippen molar-refractivity contribution in [2.24, 2.45) is 0 Å². The van der Waals surface area contributed by atoms with E-state index in [9.17, 15) is 22.4 Å². The number of hydrogen-bond acceptors (Lipinski definition) is 5. The second kappa shape index (κ2) is 13.4. The van der Waals surface area contributed by atoms with Crippen LogP contribution in [0.3, 0.4) is 0 Å². The first-order chi connectivity index (χ1) is 19.0. The zero-order valence-corrected chi connectivity index (χ0v) is 24.2. The Hall–Kier alpha value is -3.92. The average molecular weight is 570 g/mol. The summed E-state index contributed by atoms with van der Waals surface area (Å²) in [7, 11) is -2.81. The van der Waals surface area contributed by atoms with Crippen molar-refractivity contribution < 1.29 is 27.1 Å². The van der Waals surface area contributed by atoms with E-state index < -0.39 is 34.3 Å². The van der Waals surface area contributed by atoms with Crippen LogP contribution in [0.4, 0.5) is 10.1 Å². The van der Waals surface area contributed by atoms with Gasteiger partial charge in [-0.3, -0.25) is 13.9 Å². The summed E-state index contributed by atoms with van der Waals surface area (Å²) in [6, 6.07) is 17.4. The SMILES string of the molecule is CC[C@H](C)NC(=O)[C@H](C)N(Cc1ccc(F)cc1)C(=O)CN(c1ccccc1OC)S(=O)(=O)c1ccc(C)cc1. The maximum atomic E-state index is 14.0. The molecule has 3 aromatic carbocycles. The van der Waals surface area contributed by atoms with Gasteiger partial charge in [-0.2, -0.15) is 0 Å². The van der Waals surface area contributed by atoms with Crippen molar-refractivity contribution in [2.45, 2.75) is 57.6 Å². The fraction of sp³-hybridized carbons (Fsp3) is 0.333. The van der Waals surface area contributed by atoms with E-state index in [0.29, 0.717) is 12.0 Å². The smallest absolute Gasteiger partial charge is 0.264 e. The Bertz CT molecular complexity index is 1410. The Morgan fingerprint density at radius 1 is 0.975 bits per heavy atom. The lowest BCUT2D eigenvalue weighted by molar-refractivity contribution is -0.139. The van der Waals surface area contributed by atoms with E-state index >= 15 is 0 Å². The standard InChI is InChI=1S/C30H36FN3O5S/c1-6-22(3)32-30(36)23(4)33(19-24-13-15-25(31)16-14-24)29(35)20-34(27-9-7-8-10-28(27)39-5)40(37,38)26-17-11-21(2)12-18-26/h7-18,22-23H,6,19-20H2,1-5H3,(H,32,36)/t22-,23-/m0/s1. The van der Waals surface area contributed by atoms with E-state index in [2.05, 4.69) is 5.32 Å². The van der Waals surface area contributed by atoms with Gasteiger partial charge in [-0.15, -0.1) is 0 Å². The average Bonchev–Trinajstić information content (AvgIpc) is 2.95. The van der Waals surface area contributed by atoms with E-state index in [1.165, 1.54) is 48.4 Å². The second-order valence-corrected chi connectivity index (χ2v) is 11.5. The molecule has 3 rings (SSSR count). The molecule has 214 valence electrons. The van der Waals surface area contributed by atoms with Crippen molar-refractivity contribution in [2.75, 3.05) is 18.0 Å². The van der Waals surface area contributed by atoms with Gasteiger partial charge in [0.1, 0.15) is 24.2 Å². The fourth-order valence-electron chi connectivity index (χ4n) is 4.02. The number of methoxy groups -OCH3 is 1. The molecule has 0 aliphatic rings. The minimum atomic E-state index is -4.22. The minimum absolute atomic E-state index is 0.00412. The third-order valence-electron chi connectivity index (χ3n) is 6.68. The maximum Gasteiger partial charge on any atom is 0.264 e. The zero-order valence-electron chi connectivity index (χ0n) is 23.4. The van der Waals surface area contributed by atoms with Crippen molar-refractivity contribution >= 4 is 27.5 Å². The van der Waals surface area contributed by atoms with Crippen LogP contribution in [-0.2, 0) is 26.2 Å². The summed E-state index contributed by atoms with van der Waals surface area (Å²) in [5.41, 5.74) is 1.64. The highest BCUT2D eigenvalue weighted by atomic mass is 32.2. The predicted octanol–water partition coefficient (Wildman–Crippen LogP) is 4.67. The van der Waals surface area contributed by atoms with Gasteiger partial charge in [0.25, 0.3) is 10.0 Å². The zero-order chi connectivity index (χ0) is 29.4. The fourth-order valence-corrected chi connectivity index (χ4v) is 5.45. The molecule has 0 saturated carbocycles. The molecule has 2 atom stereocenters. The highest BCUT2D eigenvalue weighted by Gasteiger charge is 2.34. The number of carbonyl (C=O) groups excluding carboxylic acids is 2. The summed E-state index contributed by atoms with van der Waals surface area (Å²) in [6.07, 6.45) is 0.695. The first-order valence-electron chi connectivity index (χ1n) is 13.0. The molecule has 0 unspecified atom stereocenters. The molecular formula is C30H36FN3O5S. The van der Waals surface area contributed by atoms with Crippen molar-refractivity contribution in [3.8, 4) is 5.75 Å². The number of anilines is 1. The van der Waals surface area contributed by atoms with Gasteiger partial charge in [0.15, 0.2) is 0 Å². The quantitative estimate of drug-likeness (QED) is 0.342. The van der Waals surface area contributed by atoms with Gasteiger partial charge in [0, 0.05) is 12.6 Å². The number of sulfonamides is 1. The number of halogens is 1. The Kier molecular flexibility index (Phi) is 10.3. The molecule has 0 bridgehead atoms. The van der Waals surface area contributed by atoms with Crippen LogP contribution in [0.25, 0.3) is 0 Å². The Balaban J connectivity index is 2.06. The lowest BCUT2D eigenvalue weighted by Gasteiger charge is -2.32. The van der Waals surface area contributed by atoms with Crippen LogP contribution in [0.5, 0.6) is 5.75 Å². The van der Waals surface area contributed by atoms with E-state index in [1.807, 2.05) is 20.8 Å². The normalized spacial score (nSPS) is 12.8. The van der Waals surface area contributed by atoms with Crippen LogP contribution >= 0.6 is 0 Å². The van der Waals surface area contributed by atoms with Crippen molar-refractivity contribution in [1.29, 1.82) is 0 Å². The number of nitrogens with one attached hydrogen (secondary N) is 1. The summed E-state index contributed by atoms with van der Waals surface area (Å²) < 4.78 is 47.9. The summed E-state index contributed by atoms with van der Waals surface area (Å²) >= 11 is 0. The molecule has 0 radical (unpaired) electrons. The van der Waals surface area contributed by atoms with Crippen LogP contribution in [0.15, 0.2) is 77.7 Å². The van der Waals surface area contributed by atoms with E-state index in [0.717, 1.165) is 9.87 Å². The van der Waals surface area contributed by atoms with Gasteiger partial charge in [-0.1, -0.05) is 48.9 Å². The number of rotatable bonds is 12. The topological polar surface area (TPSA) is 96.0 Å². The number of hydrogen-bond donors (Lipinski definition) is 1. The Morgan fingerprint density at radius 2 is 1.60 bits per heavy atom. The molecule has 1 N–H and O–H groups in total. The van der Waals surface area contributed by atoms with Gasteiger partial charge < -0.3 is 15.0 Å². The minimum Gasteiger partial charge on any atom is -0.495 e. The second-order valence-electron chi connectivity index (χ2n) is 9.64. The first kappa shape index (κ1) is 30.6. The van der Waals surface area contributed by atoms with Gasteiger partial charge in [0.2, 0.25) is 11.8 Å². The van der Waals surface area contributed by atoms with Crippen LogP contribution in [0.1, 0.15) is 38.3 Å². The van der Waals surface area contributed by atoms with Gasteiger partial charge in [-0.25, -0.2) is 12.8 Å². The highest BCUT2D eigenvalue weighted by Crippen LogP contribution is 2.32. The molecule has 0 heterocycles. The molecule has 40 heavy (non-hydrogen) atoms. The van der Waals surface area contributed by atoms with E-state index in [1.54, 1.807) is 43.3 Å². The largest absolute Gasteiger partial charge is 0.495 e. The van der Waals surface area contributed by atoms with Crippen molar-refractivity contribution in [3.63, 3.8) is 0 Å². The number of aryl methyl sites for hydroxylation is 1. The van der Waals surface area contributed by atoms with Crippen LogP contribution in [-0.4, -0.2) is 50.9 Å². The molecule has 2 amide bonds. The molecule has 0 aliphatic carbocycles. The Labute approximate surface area is 235 Å². The van der Waals surface area contributed by atoms with Gasteiger partial charge in [-0.05, 0) is 69.2 Å². The molecule has 0 spiro atoms. The van der Waals surface area contributed by atoms with Gasteiger partial charge >= 0.3 is 0 Å². The molecule has 3 aromatic rings. The molecule has 8 nitrogen and oxygen atoms in total. The first-order valence-corrected chi connectivity index (χ1v) is 14.5. The third-order valence-corrected chi connectivity index (χ3v) is 8.45. The summed E-state index contributed by atoms with van der Waals surface area (Å²) in [5.74, 6) is -1.16. The number of para-hydroxylation sites is 2. The molecule has 0 aliphatic heterocycles. The predicted molar refractivity (Wildman–Crippen MR) is 153 cm³/mol. The number of amides is 2. The molecule has 0 fully saturated rings. The van der Waals surface area contributed by atoms with Crippen molar-refractivity contribution in [3.05, 3.63) is 89.7 Å². The lowest BCUT2D eigenvalue weighted by atomic mass is 10.1. The molecular weight excluding hydrogens is 533 g/mol. The summed E-state index contributed by atoms with van der Waals surface area (Å²) in [6.45, 7) is 6.59. The number of ether oxygens (including phenoxy) is 1. The Morgan fingerprint density at radius 3 is 2.20 bits per heavy atom. The van der Waals surface area contributed by atoms with Crippen LogP contribution in [0, 0.1) is 12.7 Å². The number of nitrogens with zero attached hydrogens (tertiary/aromatic N) is 2. The monoisotopic (exact) mass is 569 g/mol. The van der Waals surface area contributed by atoms with E-state index in [4.69, 9.17) is 4.74 Å². The lowest BCUT2D eigenvalue weighted by Crippen LogP contribution is -2.52. The van der Waals surface area contributed by atoms with Crippen LogP contribution < -0.4 is 14.4 Å². The number of carbonyl (C=O) groups is 2. The van der Waals surface area contributed by atoms with Crippen LogP contribution in [0.2, 0.25) is 0 Å². The maximum absolute atomic E-state index is 14.0. The number of benzene rings is 3. The molecule has 10 heteroatoms. The van der Waals surface area contributed by atoms with Gasteiger partial charge in [0.05, 0.1) is 17.7 Å². The molecule has 0 saturated heterocycles. The molecule has 0 aromatic heterocycles. The summed E-state index contributed by atoms with van der Waals surface area (Å²) in [5, 5.41) is 2.88. The van der Waals surface area contributed by atoms with Crippen molar-refractivity contribution in [1.82, 2.24) is 10.2 Å². The van der Waals surface area contributed by atoms with E-state index in [-0.39, 0.29) is 34.8 Å². The third kappa shape index (κ3) is 7.38.